The van der Waals surface area contributed by atoms with Gasteiger partial charge in [-0.15, -0.1) is 0 Å². The molecule has 0 bridgehead atoms. The lowest BCUT2D eigenvalue weighted by atomic mass is 10.2. The van der Waals surface area contributed by atoms with Crippen molar-refractivity contribution < 1.29 is 0 Å². The van der Waals surface area contributed by atoms with Crippen LogP contribution in [0.5, 0.6) is 0 Å². The minimum atomic E-state index is 0.793. The highest BCUT2D eigenvalue weighted by molar-refractivity contribution is 5.49. The van der Waals surface area contributed by atoms with Crippen LogP contribution in [-0.4, -0.2) is 23.6 Å². The lowest BCUT2D eigenvalue weighted by Gasteiger charge is -2.19. The predicted octanol–water partition coefficient (Wildman–Crippen LogP) is 3.24. The lowest BCUT2D eigenvalue weighted by molar-refractivity contribution is 0.876. The summed E-state index contributed by atoms with van der Waals surface area (Å²) in [6.45, 7) is 5.84. The largest absolute Gasteiger partial charge is 0.370 e. The molecule has 0 radical (unpaired) electrons. The maximum atomic E-state index is 4.51. The van der Waals surface area contributed by atoms with Gasteiger partial charge in [0.25, 0.3) is 0 Å². The first-order chi connectivity index (χ1) is 9.69. The monoisotopic (exact) mass is 270 g/mol. The van der Waals surface area contributed by atoms with Crippen molar-refractivity contribution in [2.75, 3.05) is 23.8 Å². The molecule has 1 aromatic heterocycles. The molecule has 4 nitrogen and oxygen atoms in total. The Hall–Kier alpha value is -2.10. The van der Waals surface area contributed by atoms with Gasteiger partial charge in [0.2, 0.25) is 0 Å². The van der Waals surface area contributed by atoms with Crippen molar-refractivity contribution in [3.63, 3.8) is 0 Å². The molecule has 0 saturated heterocycles. The summed E-state index contributed by atoms with van der Waals surface area (Å²) in [5, 5.41) is 3.32. The molecule has 0 fully saturated rings. The van der Waals surface area contributed by atoms with E-state index in [0.29, 0.717) is 0 Å². The molecule has 2 aromatic rings. The zero-order valence-corrected chi connectivity index (χ0v) is 12.4. The van der Waals surface area contributed by atoms with E-state index in [0.717, 1.165) is 37.0 Å². The topological polar surface area (TPSA) is 41.0 Å². The van der Waals surface area contributed by atoms with Crippen LogP contribution in [0.3, 0.4) is 0 Å². The third kappa shape index (κ3) is 3.95. The van der Waals surface area contributed by atoms with E-state index in [2.05, 4.69) is 58.4 Å². The average molecular weight is 270 g/mol. The zero-order valence-electron chi connectivity index (χ0n) is 12.4. The fourth-order valence-corrected chi connectivity index (χ4v) is 2.03. The van der Waals surface area contributed by atoms with Crippen LogP contribution in [0.2, 0.25) is 0 Å². The van der Waals surface area contributed by atoms with Crippen LogP contribution in [0, 0.1) is 6.92 Å². The van der Waals surface area contributed by atoms with Gasteiger partial charge in [0.1, 0.15) is 17.5 Å². The summed E-state index contributed by atoms with van der Waals surface area (Å²) in [7, 11) is 2.05. The average Bonchev–Trinajstić information content (AvgIpc) is 2.45. The van der Waals surface area contributed by atoms with Crippen LogP contribution in [-0.2, 0) is 6.54 Å². The van der Waals surface area contributed by atoms with Crippen LogP contribution in [0.1, 0.15) is 24.7 Å². The molecular weight excluding hydrogens is 248 g/mol. The van der Waals surface area contributed by atoms with E-state index in [-0.39, 0.29) is 0 Å². The molecule has 1 heterocycles. The molecule has 0 atom stereocenters. The number of nitrogens with one attached hydrogen (secondary N) is 1. The Morgan fingerprint density at radius 3 is 2.60 bits per heavy atom. The van der Waals surface area contributed by atoms with E-state index in [1.807, 2.05) is 19.1 Å². The SMILES string of the molecule is CCCNc1cc(N(C)Cc2ccccc2)nc(C)n1. The molecule has 0 aliphatic heterocycles. The Morgan fingerprint density at radius 1 is 1.15 bits per heavy atom. The molecule has 1 N–H and O–H groups in total. The second-order valence-corrected chi connectivity index (χ2v) is 4.93. The molecule has 0 spiro atoms. The van der Waals surface area contributed by atoms with Gasteiger partial charge < -0.3 is 10.2 Å². The zero-order chi connectivity index (χ0) is 14.4. The van der Waals surface area contributed by atoms with Crippen molar-refractivity contribution in [2.45, 2.75) is 26.8 Å². The molecule has 0 unspecified atom stereocenters. The standard InChI is InChI=1S/C16H22N4/c1-4-10-17-15-11-16(19-13(2)18-15)20(3)12-14-8-6-5-7-9-14/h5-9,11H,4,10,12H2,1-3H3,(H,17,18,19). The maximum Gasteiger partial charge on any atom is 0.134 e. The van der Waals surface area contributed by atoms with Gasteiger partial charge in [-0.2, -0.15) is 0 Å². The molecule has 0 aliphatic carbocycles. The number of aryl methyl sites for hydroxylation is 1. The van der Waals surface area contributed by atoms with E-state index in [4.69, 9.17) is 0 Å². The first kappa shape index (κ1) is 14.3. The van der Waals surface area contributed by atoms with E-state index >= 15 is 0 Å². The summed E-state index contributed by atoms with van der Waals surface area (Å²) in [5.41, 5.74) is 1.27. The van der Waals surface area contributed by atoms with Gasteiger partial charge in [-0.05, 0) is 18.9 Å². The van der Waals surface area contributed by atoms with Crippen molar-refractivity contribution in [3.05, 3.63) is 47.8 Å². The molecule has 0 amide bonds. The van der Waals surface area contributed by atoms with E-state index in [1.54, 1.807) is 0 Å². The Kier molecular flexibility index (Phi) is 4.93. The number of hydrogen-bond acceptors (Lipinski definition) is 4. The lowest BCUT2D eigenvalue weighted by Crippen LogP contribution is -2.19. The van der Waals surface area contributed by atoms with Crippen molar-refractivity contribution in [1.82, 2.24) is 9.97 Å². The summed E-state index contributed by atoms with van der Waals surface area (Å²) < 4.78 is 0. The molecule has 4 heteroatoms. The number of nitrogens with zero attached hydrogens (tertiary/aromatic N) is 3. The van der Waals surface area contributed by atoms with Gasteiger partial charge in [0.15, 0.2) is 0 Å². The number of aromatic nitrogens is 2. The fraction of sp³-hybridized carbons (Fsp3) is 0.375. The summed E-state index contributed by atoms with van der Waals surface area (Å²) in [5.74, 6) is 2.63. The quantitative estimate of drug-likeness (QED) is 0.875. The Morgan fingerprint density at radius 2 is 1.90 bits per heavy atom. The third-order valence-electron chi connectivity index (χ3n) is 3.03. The van der Waals surface area contributed by atoms with Crippen molar-refractivity contribution in [1.29, 1.82) is 0 Å². The molecule has 2 rings (SSSR count). The fourth-order valence-electron chi connectivity index (χ4n) is 2.03. The smallest absolute Gasteiger partial charge is 0.134 e. The first-order valence-electron chi connectivity index (χ1n) is 7.03. The molecule has 20 heavy (non-hydrogen) atoms. The van der Waals surface area contributed by atoms with Crippen molar-refractivity contribution in [2.24, 2.45) is 0 Å². The Bertz CT molecular complexity index is 539. The van der Waals surface area contributed by atoms with E-state index < -0.39 is 0 Å². The molecule has 1 aromatic carbocycles. The molecular formula is C16H22N4. The van der Waals surface area contributed by atoms with Crippen LogP contribution < -0.4 is 10.2 Å². The van der Waals surface area contributed by atoms with Gasteiger partial charge in [0, 0.05) is 26.2 Å². The van der Waals surface area contributed by atoms with Gasteiger partial charge >= 0.3 is 0 Å². The van der Waals surface area contributed by atoms with Crippen LogP contribution >= 0.6 is 0 Å². The summed E-state index contributed by atoms with van der Waals surface area (Å²) in [6.07, 6.45) is 1.08. The molecule has 106 valence electrons. The van der Waals surface area contributed by atoms with Crippen LogP contribution in [0.25, 0.3) is 0 Å². The number of anilines is 2. The van der Waals surface area contributed by atoms with Crippen molar-refractivity contribution >= 4 is 11.6 Å². The third-order valence-corrected chi connectivity index (χ3v) is 3.03. The summed E-state index contributed by atoms with van der Waals surface area (Å²) in [4.78, 5) is 11.1. The van der Waals surface area contributed by atoms with Gasteiger partial charge in [-0.3, -0.25) is 0 Å². The predicted molar refractivity (Wildman–Crippen MR) is 84.1 cm³/mol. The first-order valence-corrected chi connectivity index (χ1v) is 7.03. The minimum Gasteiger partial charge on any atom is -0.370 e. The van der Waals surface area contributed by atoms with E-state index in [9.17, 15) is 0 Å². The van der Waals surface area contributed by atoms with Gasteiger partial charge in [-0.25, -0.2) is 9.97 Å². The Labute approximate surface area is 120 Å². The van der Waals surface area contributed by atoms with Crippen LogP contribution in [0.15, 0.2) is 36.4 Å². The molecule has 0 aliphatic rings. The summed E-state index contributed by atoms with van der Waals surface area (Å²) >= 11 is 0. The highest BCUT2D eigenvalue weighted by Crippen LogP contribution is 2.16. The Balaban J connectivity index is 2.12. The molecule has 0 saturated carbocycles. The highest BCUT2D eigenvalue weighted by Gasteiger charge is 2.07. The summed E-state index contributed by atoms with van der Waals surface area (Å²) in [6, 6.07) is 12.4. The minimum absolute atomic E-state index is 0.793. The number of rotatable bonds is 6. The number of hydrogen-bond donors (Lipinski definition) is 1. The second-order valence-electron chi connectivity index (χ2n) is 4.93. The van der Waals surface area contributed by atoms with Crippen molar-refractivity contribution in [3.8, 4) is 0 Å². The maximum absolute atomic E-state index is 4.51. The highest BCUT2D eigenvalue weighted by atomic mass is 15.2. The van der Waals surface area contributed by atoms with Crippen LogP contribution in [0.4, 0.5) is 11.6 Å². The van der Waals surface area contributed by atoms with E-state index in [1.165, 1.54) is 5.56 Å². The van der Waals surface area contributed by atoms with Gasteiger partial charge in [-0.1, -0.05) is 37.3 Å². The number of benzene rings is 1. The van der Waals surface area contributed by atoms with Gasteiger partial charge in [0.05, 0.1) is 0 Å². The normalized spacial score (nSPS) is 10.3. The second kappa shape index (κ2) is 6.89.